The summed E-state index contributed by atoms with van der Waals surface area (Å²) < 4.78 is 66.6. The number of rotatable bonds is 1. The quantitative estimate of drug-likeness (QED) is 0.394. The highest BCUT2D eigenvalue weighted by molar-refractivity contribution is 6.33. The lowest BCUT2D eigenvalue weighted by Gasteiger charge is -2.12. The molecule has 0 amide bonds. The molecule has 2 rings (SSSR count). The van der Waals surface area contributed by atoms with Gasteiger partial charge in [-0.1, -0.05) is 23.7 Å². The third kappa shape index (κ3) is 2.08. The zero-order valence-electron chi connectivity index (χ0n) is 9.50. The molecule has 0 aliphatic rings. The predicted molar refractivity (Wildman–Crippen MR) is 61.4 cm³/mol. The van der Waals surface area contributed by atoms with Crippen LogP contribution in [0.4, 0.5) is 22.0 Å². The maximum absolute atomic E-state index is 13.7. The molecule has 2 aromatic carbocycles. The maximum Gasteiger partial charge on any atom is 0.200 e. The molecule has 0 nitrogen and oxygen atoms in total. The highest BCUT2D eigenvalue weighted by Crippen LogP contribution is 2.37. The molecule has 0 spiro atoms. The molecule has 0 fully saturated rings. The van der Waals surface area contributed by atoms with Gasteiger partial charge in [0.1, 0.15) is 0 Å². The molecule has 0 heterocycles. The molecule has 0 saturated carbocycles. The lowest BCUT2D eigenvalue weighted by molar-refractivity contribution is 0.381. The van der Waals surface area contributed by atoms with Gasteiger partial charge in [-0.05, 0) is 18.6 Å². The second-order valence-corrected chi connectivity index (χ2v) is 4.28. The van der Waals surface area contributed by atoms with Crippen molar-refractivity contribution in [2.45, 2.75) is 6.92 Å². The third-order valence-electron chi connectivity index (χ3n) is 2.68. The monoisotopic (exact) mass is 292 g/mol. The molecule has 19 heavy (non-hydrogen) atoms. The van der Waals surface area contributed by atoms with E-state index in [-0.39, 0.29) is 10.6 Å². The minimum absolute atomic E-state index is 0.0943. The van der Waals surface area contributed by atoms with E-state index in [1.165, 1.54) is 25.1 Å². The van der Waals surface area contributed by atoms with E-state index in [4.69, 9.17) is 11.6 Å². The molecule has 0 aliphatic carbocycles. The summed E-state index contributed by atoms with van der Waals surface area (Å²) in [5.74, 6) is -9.97. The van der Waals surface area contributed by atoms with Gasteiger partial charge in [-0.2, -0.15) is 0 Å². The van der Waals surface area contributed by atoms with Crippen LogP contribution in [0.15, 0.2) is 18.2 Å². The first kappa shape index (κ1) is 13.8. The summed E-state index contributed by atoms with van der Waals surface area (Å²) in [6, 6.07) is 4.27. The van der Waals surface area contributed by atoms with Crippen molar-refractivity contribution in [3.63, 3.8) is 0 Å². The van der Waals surface area contributed by atoms with Crippen LogP contribution >= 0.6 is 11.6 Å². The molecule has 0 bridgehead atoms. The van der Waals surface area contributed by atoms with Gasteiger partial charge in [-0.25, -0.2) is 22.0 Å². The van der Waals surface area contributed by atoms with Crippen molar-refractivity contribution in [3.05, 3.63) is 57.9 Å². The van der Waals surface area contributed by atoms with Gasteiger partial charge in [0.15, 0.2) is 23.3 Å². The molecule has 2 aromatic rings. The Bertz CT molecular complexity index is 617. The van der Waals surface area contributed by atoms with Crippen LogP contribution in [0.3, 0.4) is 0 Å². The second kappa shape index (κ2) is 4.81. The number of benzene rings is 2. The van der Waals surface area contributed by atoms with Gasteiger partial charge in [-0.15, -0.1) is 0 Å². The number of aryl methyl sites for hydroxylation is 1. The Morgan fingerprint density at radius 3 is 1.68 bits per heavy atom. The van der Waals surface area contributed by atoms with Gasteiger partial charge in [0.2, 0.25) is 5.82 Å². The SMILES string of the molecule is Cc1cccc(Cl)c1-c1c(F)c(F)c(F)c(F)c1F. The molecule has 0 unspecified atom stereocenters. The van der Waals surface area contributed by atoms with Gasteiger partial charge in [0.25, 0.3) is 0 Å². The maximum atomic E-state index is 13.7. The van der Waals surface area contributed by atoms with E-state index in [0.29, 0.717) is 5.56 Å². The summed E-state index contributed by atoms with van der Waals surface area (Å²) in [6.07, 6.45) is 0. The van der Waals surface area contributed by atoms with Gasteiger partial charge in [0, 0.05) is 10.6 Å². The summed E-state index contributed by atoms with van der Waals surface area (Å²) in [4.78, 5) is 0. The van der Waals surface area contributed by atoms with Gasteiger partial charge in [0.05, 0.1) is 5.56 Å². The zero-order chi connectivity index (χ0) is 14.3. The Labute approximate surface area is 110 Å². The van der Waals surface area contributed by atoms with Crippen LogP contribution in [0.2, 0.25) is 5.02 Å². The summed E-state index contributed by atoms with van der Waals surface area (Å²) in [7, 11) is 0. The molecule has 0 atom stereocenters. The summed E-state index contributed by atoms with van der Waals surface area (Å²) in [5, 5.41) is -0.0943. The highest BCUT2D eigenvalue weighted by Gasteiger charge is 2.28. The first-order valence-electron chi connectivity index (χ1n) is 5.13. The fourth-order valence-electron chi connectivity index (χ4n) is 1.77. The van der Waals surface area contributed by atoms with Gasteiger partial charge >= 0.3 is 0 Å². The lowest BCUT2D eigenvalue weighted by atomic mass is 9.99. The Kier molecular flexibility index (Phi) is 3.49. The molecule has 0 aliphatic heterocycles. The van der Waals surface area contributed by atoms with Gasteiger partial charge in [-0.3, -0.25) is 0 Å². The molecule has 0 saturated heterocycles. The van der Waals surface area contributed by atoms with Crippen LogP contribution in [0.1, 0.15) is 5.56 Å². The van der Waals surface area contributed by atoms with Crippen LogP contribution in [0.25, 0.3) is 11.1 Å². The standard InChI is InChI=1S/C13H6ClF5/c1-5-3-2-4-6(14)7(5)8-9(15)11(17)13(19)12(18)10(8)16/h2-4H,1H3. The third-order valence-corrected chi connectivity index (χ3v) is 3.00. The molecular weight excluding hydrogens is 287 g/mol. The Hall–Kier alpha value is -1.62. The van der Waals surface area contributed by atoms with E-state index in [0.717, 1.165) is 0 Å². The number of hydrogen-bond acceptors (Lipinski definition) is 0. The molecule has 0 radical (unpaired) electrons. The number of hydrogen-bond donors (Lipinski definition) is 0. The fraction of sp³-hybridized carbons (Fsp3) is 0.0769. The van der Waals surface area contributed by atoms with Crippen molar-refractivity contribution in [2.24, 2.45) is 0 Å². The highest BCUT2D eigenvalue weighted by atomic mass is 35.5. The molecular formula is C13H6ClF5. The normalized spacial score (nSPS) is 10.9. The topological polar surface area (TPSA) is 0 Å². The van der Waals surface area contributed by atoms with Crippen molar-refractivity contribution in [1.82, 2.24) is 0 Å². The van der Waals surface area contributed by atoms with Crippen LogP contribution < -0.4 is 0 Å². The van der Waals surface area contributed by atoms with E-state index in [2.05, 4.69) is 0 Å². The Morgan fingerprint density at radius 1 is 0.737 bits per heavy atom. The van der Waals surface area contributed by atoms with Crippen molar-refractivity contribution >= 4 is 11.6 Å². The summed E-state index contributed by atoms with van der Waals surface area (Å²) in [5.41, 5.74) is -0.924. The van der Waals surface area contributed by atoms with Crippen molar-refractivity contribution in [1.29, 1.82) is 0 Å². The van der Waals surface area contributed by atoms with Crippen LogP contribution in [-0.4, -0.2) is 0 Å². The van der Waals surface area contributed by atoms with E-state index in [1.54, 1.807) is 0 Å². The van der Waals surface area contributed by atoms with Crippen LogP contribution in [0.5, 0.6) is 0 Å². The molecule has 100 valence electrons. The molecule has 6 heteroatoms. The van der Waals surface area contributed by atoms with E-state index in [1.807, 2.05) is 0 Å². The van der Waals surface area contributed by atoms with E-state index < -0.39 is 34.6 Å². The van der Waals surface area contributed by atoms with E-state index >= 15 is 0 Å². The van der Waals surface area contributed by atoms with Crippen molar-refractivity contribution in [2.75, 3.05) is 0 Å². The predicted octanol–water partition coefficient (Wildman–Crippen LogP) is 5.01. The minimum atomic E-state index is -2.19. The average molecular weight is 293 g/mol. The molecule has 0 aromatic heterocycles. The van der Waals surface area contributed by atoms with Gasteiger partial charge < -0.3 is 0 Å². The minimum Gasteiger partial charge on any atom is -0.203 e. The smallest absolute Gasteiger partial charge is 0.200 e. The summed E-state index contributed by atoms with van der Waals surface area (Å²) >= 11 is 5.78. The van der Waals surface area contributed by atoms with Crippen molar-refractivity contribution in [3.8, 4) is 11.1 Å². The molecule has 0 N–H and O–H groups in total. The zero-order valence-corrected chi connectivity index (χ0v) is 10.3. The first-order valence-corrected chi connectivity index (χ1v) is 5.51. The Morgan fingerprint density at radius 2 is 1.21 bits per heavy atom. The first-order chi connectivity index (χ1) is 8.86. The van der Waals surface area contributed by atoms with Crippen LogP contribution in [0, 0.1) is 36.0 Å². The fourth-order valence-corrected chi connectivity index (χ4v) is 2.09. The van der Waals surface area contributed by atoms with E-state index in [9.17, 15) is 22.0 Å². The summed E-state index contributed by atoms with van der Waals surface area (Å²) in [6.45, 7) is 1.46. The largest absolute Gasteiger partial charge is 0.203 e. The second-order valence-electron chi connectivity index (χ2n) is 3.88. The van der Waals surface area contributed by atoms with Crippen molar-refractivity contribution < 1.29 is 22.0 Å². The van der Waals surface area contributed by atoms with Crippen LogP contribution in [-0.2, 0) is 0 Å². The number of halogens is 6. The Balaban J connectivity index is 2.92. The lowest BCUT2D eigenvalue weighted by Crippen LogP contribution is -2.05. The average Bonchev–Trinajstić information content (AvgIpc) is 2.37.